The molecule has 1 saturated heterocycles. The number of hydrogen-bond donors (Lipinski definition) is 0. The van der Waals surface area contributed by atoms with Crippen molar-refractivity contribution in [1.82, 2.24) is 9.97 Å². The van der Waals surface area contributed by atoms with Gasteiger partial charge in [0.15, 0.2) is 0 Å². The summed E-state index contributed by atoms with van der Waals surface area (Å²) in [5.74, 6) is 1.69. The van der Waals surface area contributed by atoms with Crippen molar-refractivity contribution >= 4 is 17.3 Å². The van der Waals surface area contributed by atoms with E-state index in [1.54, 1.807) is 0 Å². The Morgan fingerprint density at radius 2 is 2.16 bits per heavy atom. The molecule has 0 saturated carbocycles. The van der Waals surface area contributed by atoms with E-state index in [1.165, 1.54) is 25.7 Å². The highest BCUT2D eigenvalue weighted by atomic mass is 35.5. The van der Waals surface area contributed by atoms with Crippen LogP contribution in [0.3, 0.4) is 0 Å². The van der Waals surface area contributed by atoms with E-state index < -0.39 is 0 Å². The first-order valence-corrected chi connectivity index (χ1v) is 7.85. The zero-order valence-corrected chi connectivity index (χ0v) is 13.0. The first-order chi connectivity index (χ1) is 9.13. The molecular weight excluding hydrogens is 258 g/mol. The number of anilines is 1. The van der Waals surface area contributed by atoms with Crippen molar-refractivity contribution in [2.24, 2.45) is 0 Å². The Labute approximate surface area is 121 Å². The molecule has 1 aliphatic rings. The summed E-state index contributed by atoms with van der Waals surface area (Å²) in [7, 11) is 0. The maximum absolute atomic E-state index is 6.10. The summed E-state index contributed by atoms with van der Waals surface area (Å²) >= 11 is 6.10. The Hall–Kier alpha value is -0.830. The van der Waals surface area contributed by atoms with Crippen LogP contribution in [0.2, 0.25) is 0 Å². The van der Waals surface area contributed by atoms with E-state index in [0.717, 1.165) is 23.8 Å². The number of hydrogen-bond acceptors (Lipinski definition) is 3. The maximum atomic E-state index is 6.10. The van der Waals surface area contributed by atoms with Gasteiger partial charge in [-0.1, -0.05) is 26.7 Å². The first-order valence-electron chi connectivity index (χ1n) is 7.32. The van der Waals surface area contributed by atoms with Crippen molar-refractivity contribution in [1.29, 1.82) is 0 Å². The van der Waals surface area contributed by atoms with E-state index >= 15 is 0 Å². The van der Waals surface area contributed by atoms with Crippen molar-refractivity contribution < 1.29 is 0 Å². The Morgan fingerprint density at radius 3 is 2.84 bits per heavy atom. The van der Waals surface area contributed by atoms with Gasteiger partial charge in [0, 0.05) is 18.5 Å². The number of alkyl halides is 1. The zero-order chi connectivity index (χ0) is 13.8. The summed E-state index contributed by atoms with van der Waals surface area (Å²) in [6, 6.07) is 0.554. The summed E-state index contributed by atoms with van der Waals surface area (Å²) in [6.45, 7) is 7.61. The summed E-state index contributed by atoms with van der Waals surface area (Å²) in [4.78, 5) is 11.6. The summed E-state index contributed by atoms with van der Waals surface area (Å²) < 4.78 is 0. The van der Waals surface area contributed by atoms with Crippen molar-refractivity contribution in [3.63, 3.8) is 0 Å². The van der Waals surface area contributed by atoms with E-state index in [0.29, 0.717) is 17.8 Å². The van der Waals surface area contributed by atoms with Crippen LogP contribution in [-0.4, -0.2) is 22.6 Å². The van der Waals surface area contributed by atoms with Gasteiger partial charge < -0.3 is 4.90 Å². The molecule has 1 aliphatic heterocycles. The van der Waals surface area contributed by atoms with Crippen LogP contribution < -0.4 is 4.90 Å². The van der Waals surface area contributed by atoms with Gasteiger partial charge >= 0.3 is 0 Å². The fourth-order valence-electron chi connectivity index (χ4n) is 2.68. The maximum Gasteiger partial charge on any atom is 0.131 e. The van der Waals surface area contributed by atoms with Crippen LogP contribution in [-0.2, 0) is 5.88 Å². The van der Waals surface area contributed by atoms with Gasteiger partial charge in [-0.15, -0.1) is 11.6 Å². The lowest BCUT2D eigenvalue weighted by atomic mass is 10.1. The van der Waals surface area contributed by atoms with Gasteiger partial charge in [-0.2, -0.15) is 0 Å². The van der Waals surface area contributed by atoms with E-state index in [-0.39, 0.29) is 0 Å². The van der Waals surface area contributed by atoms with Gasteiger partial charge in [0.05, 0.1) is 23.5 Å². The summed E-state index contributed by atoms with van der Waals surface area (Å²) in [5, 5.41) is 0. The lowest BCUT2D eigenvalue weighted by molar-refractivity contribution is 0.611. The lowest BCUT2D eigenvalue weighted by Gasteiger charge is -2.30. The molecule has 106 valence electrons. The topological polar surface area (TPSA) is 29.0 Å². The highest BCUT2D eigenvalue weighted by molar-refractivity contribution is 6.17. The first kappa shape index (κ1) is 14.6. The number of halogens is 1. The van der Waals surface area contributed by atoms with Gasteiger partial charge in [-0.05, 0) is 19.8 Å². The third-order valence-electron chi connectivity index (χ3n) is 3.87. The third kappa shape index (κ3) is 3.38. The molecule has 2 heterocycles. The number of nitrogens with zero attached hydrogens (tertiary/aromatic N) is 3. The average molecular weight is 282 g/mol. The second kappa shape index (κ2) is 6.56. The van der Waals surface area contributed by atoms with Gasteiger partial charge in [0.1, 0.15) is 5.82 Å². The van der Waals surface area contributed by atoms with Gasteiger partial charge in [0.25, 0.3) is 0 Å². The van der Waals surface area contributed by atoms with Crippen molar-refractivity contribution in [3.8, 4) is 0 Å². The minimum Gasteiger partial charge on any atom is -0.366 e. The highest BCUT2D eigenvalue weighted by Gasteiger charge is 2.21. The predicted octanol–water partition coefficient (Wildman–Crippen LogP) is 4.11. The SMILES string of the molecule is CC(C)c1ncc(N2CCCCCC2C)c(CCl)n1. The van der Waals surface area contributed by atoms with Crippen molar-refractivity contribution in [2.75, 3.05) is 11.4 Å². The molecule has 0 aliphatic carbocycles. The van der Waals surface area contributed by atoms with E-state index in [1.807, 2.05) is 6.20 Å². The molecule has 1 fully saturated rings. The molecule has 1 aromatic rings. The van der Waals surface area contributed by atoms with Gasteiger partial charge in [-0.3, -0.25) is 0 Å². The van der Waals surface area contributed by atoms with Gasteiger partial charge in [0.2, 0.25) is 0 Å². The van der Waals surface area contributed by atoms with E-state index in [9.17, 15) is 0 Å². The molecule has 19 heavy (non-hydrogen) atoms. The fourth-order valence-corrected chi connectivity index (χ4v) is 2.87. The molecule has 0 aromatic carbocycles. The minimum atomic E-state index is 0.345. The molecule has 4 heteroatoms. The molecule has 1 atom stereocenters. The summed E-state index contributed by atoms with van der Waals surface area (Å²) in [5.41, 5.74) is 2.11. The predicted molar refractivity (Wildman–Crippen MR) is 81.0 cm³/mol. The molecular formula is C15H24ClN3. The van der Waals surface area contributed by atoms with Crippen LogP contribution in [0.15, 0.2) is 6.20 Å². The Bertz CT molecular complexity index is 420. The zero-order valence-electron chi connectivity index (χ0n) is 12.2. The lowest BCUT2D eigenvalue weighted by Crippen LogP contribution is -2.33. The van der Waals surface area contributed by atoms with E-state index in [4.69, 9.17) is 11.6 Å². The molecule has 2 rings (SSSR count). The van der Waals surface area contributed by atoms with Crippen LogP contribution in [0.5, 0.6) is 0 Å². The molecule has 0 N–H and O–H groups in total. The smallest absolute Gasteiger partial charge is 0.131 e. The molecule has 3 nitrogen and oxygen atoms in total. The van der Waals surface area contributed by atoms with Crippen LogP contribution in [0.1, 0.15) is 63.9 Å². The molecule has 0 bridgehead atoms. The molecule has 0 amide bonds. The number of aromatic nitrogens is 2. The molecule has 1 unspecified atom stereocenters. The van der Waals surface area contributed by atoms with Crippen LogP contribution >= 0.6 is 11.6 Å². The molecule has 0 spiro atoms. The summed E-state index contributed by atoms with van der Waals surface area (Å²) in [6.07, 6.45) is 7.11. The largest absolute Gasteiger partial charge is 0.366 e. The van der Waals surface area contributed by atoms with Crippen molar-refractivity contribution in [2.45, 2.75) is 64.3 Å². The second-order valence-corrected chi connectivity index (χ2v) is 6.01. The molecule has 1 aromatic heterocycles. The Balaban J connectivity index is 2.32. The third-order valence-corrected chi connectivity index (χ3v) is 4.12. The quantitative estimate of drug-likeness (QED) is 0.781. The molecule has 0 radical (unpaired) electrons. The van der Waals surface area contributed by atoms with Crippen LogP contribution in [0, 0.1) is 0 Å². The standard InChI is InChI=1S/C15H24ClN3/c1-11(2)15-17-10-14(13(9-16)18-15)19-8-6-4-5-7-12(19)3/h10-12H,4-9H2,1-3H3. The van der Waals surface area contributed by atoms with Gasteiger partial charge in [-0.25, -0.2) is 9.97 Å². The highest BCUT2D eigenvalue weighted by Crippen LogP contribution is 2.27. The monoisotopic (exact) mass is 281 g/mol. The normalized spacial score (nSPS) is 20.7. The van der Waals surface area contributed by atoms with Crippen LogP contribution in [0.25, 0.3) is 0 Å². The fraction of sp³-hybridized carbons (Fsp3) is 0.733. The average Bonchev–Trinajstić information content (AvgIpc) is 2.62. The van der Waals surface area contributed by atoms with E-state index in [2.05, 4.69) is 35.6 Å². The van der Waals surface area contributed by atoms with Crippen molar-refractivity contribution in [3.05, 3.63) is 17.7 Å². The minimum absolute atomic E-state index is 0.345. The van der Waals surface area contributed by atoms with Crippen LogP contribution in [0.4, 0.5) is 5.69 Å². The number of rotatable bonds is 3. The second-order valence-electron chi connectivity index (χ2n) is 5.74. The Kier molecular flexibility index (Phi) is 5.03. The Morgan fingerprint density at radius 1 is 1.37 bits per heavy atom.